The van der Waals surface area contributed by atoms with E-state index in [0.29, 0.717) is 24.8 Å². The molecule has 0 spiro atoms. The molecule has 2 aromatic rings. The predicted octanol–water partition coefficient (Wildman–Crippen LogP) is 2.55. The Balaban J connectivity index is 2.54. The number of para-hydroxylation sites is 1. The summed E-state index contributed by atoms with van der Waals surface area (Å²) in [5.74, 6) is 1.05. The predicted molar refractivity (Wildman–Crippen MR) is 84.4 cm³/mol. The standard InChI is InChI=1S/C16H21N3O2/c1-4-21-15-8-6-5-7-12(15)14-9-13(17)16(20)19(18-14)10-11(2)3/h5-9,11H,4,10,17H2,1-3H3. The maximum atomic E-state index is 12.0. The number of ether oxygens (including phenoxy) is 1. The summed E-state index contributed by atoms with van der Waals surface area (Å²) < 4.78 is 7.04. The Kier molecular flexibility index (Phi) is 4.62. The van der Waals surface area contributed by atoms with Crippen LogP contribution in [0.2, 0.25) is 0 Å². The van der Waals surface area contributed by atoms with E-state index in [1.807, 2.05) is 45.0 Å². The zero-order chi connectivity index (χ0) is 15.4. The van der Waals surface area contributed by atoms with E-state index in [1.165, 1.54) is 4.68 Å². The Morgan fingerprint density at radius 3 is 2.71 bits per heavy atom. The Labute approximate surface area is 124 Å². The van der Waals surface area contributed by atoms with Gasteiger partial charge in [0.1, 0.15) is 11.4 Å². The number of nitrogens with zero attached hydrogens (tertiary/aromatic N) is 2. The second kappa shape index (κ2) is 6.43. The molecule has 1 aromatic heterocycles. The molecule has 2 N–H and O–H groups in total. The van der Waals surface area contributed by atoms with Gasteiger partial charge in [0.25, 0.3) is 5.56 Å². The van der Waals surface area contributed by atoms with Gasteiger partial charge >= 0.3 is 0 Å². The monoisotopic (exact) mass is 287 g/mol. The second-order valence-electron chi connectivity index (χ2n) is 5.30. The molecular formula is C16H21N3O2. The third-order valence-electron chi connectivity index (χ3n) is 3.00. The average Bonchev–Trinajstić information content (AvgIpc) is 2.44. The molecule has 0 radical (unpaired) electrons. The maximum absolute atomic E-state index is 12.0. The lowest BCUT2D eigenvalue weighted by Gasteiger charge is -2.13. The Bertz CT molecular complexity index is 677. The molecule has 1 aromatic carbocycles. The molecule has 5 nitrogen and oxygen atoms in total. The van der Waals surface area contributed by atoms with Crippen molar-refractivity contribution < 1.29 is 4.74 Å². The van der Waals surface area contributed by atoms with Crippen molar-refractivity contribution in [2.75, 3.05) is 12.3 Å². The lowest BCUT2D eigenvalue weighted by molar-refractivity contribution is 0.341. The first-order valence-electron chi connectivity index (χ1n) is 7.12. The van der Waals surface area contributed by atoms with E-state index in [4.69, 9.17) is 10.5 Å². The molecule has 112 valence electrons. The first-order valence-corrected chi connectivity index (χ1v) is 7.12. The SMILES string of the molecule is CCOc1ccccc1-c1cc(N)c(=O)n(CC(C)C)n1. The first-order chi connectivity index (χ1) is 10.0. The van der Waals surface area contributed by atoms with Crippen LogP contribution in [0, 0.1) is 5.92 Å². The molecule has 0 saturated heterocycles. The molecule has 0 atom stereocenters. The van der Waals surface area contributed by atoms with E-state index in [0.717, 1.165) is 11.3 Å². The number of hydrogen-bond donors (Lipinski definition) is 1. The van der Waals surface area contributed by atoms with Crippen LogP contribution in [0.25, 0.3) is 11.3 Å². The van der Waals surface area contributed by atoms with Crippen molar-refractivity contribution in [1.29, 1.82) is 0 Å². The summed E-state index contributed by atoms with van der Waals surface area (Å²) >= 11 is 0. The van der Waals surface area contributed by atoms with Gasteiger partial charge in [-0.15, -0.1) is 0 Å². The van der Waals surface area contributed by atoms with Crippen LogP contribution >= 0.6 is 0 Å². The van der Waals surface area contributed by atoms with Gasteiger partial charge < -0.3 is 10.5 Å². The van der Waals surface area contributed by atoms with E-state index in [1.54, 1.807) is 6.07 Å². The summed E-state index contributed by atoms with van der Waals surface area (Å²) in [6.45, 7) is 7.10. The van der Waals surface area contributed by atoms with Crippen LogP contribution in [0.15, 0.2) is 35.1 Å². The van der Waals surface area contributed by atoms with E-state index in [2.05, 4.69) is 5.10 Å². The molecule has 0 bridgehead atoms. The quantitative estimate of drug-likeness (QED) is 0.917. The van der Waals surface area contributed by atoms with Gasteiger partial charge in [-0.05, 0) is 31.0 Å². The van der Waals surface area contributed by atoms with Crippen LogP contribution in [-0.2, 0) is 6.54 Å². The third-order valence-corrected chi connectivity index (χ3v) is 3.00. The summed E-state index contributed by atoms with van der Waals surface area (Å²) in [7, 11) is 0. The minimum absolute atomic E-state index is 0.201. The number of nitrogens with two attached hydrogens (primary N) is 1. The minimum Gasteiger partial charge on any atom is -0.493 e. The molecular weight excluding hydrogens is 266 g/mol. The summed E-state index contributed by atoms with van der Waals surface area (Å²) in [6, 6.07) is 9.22. The van der Waals surface area contributed by atoms with Gasteiger partial charge in [-0.1, -0.05) is 26.0 Å². The van der Waals surface area contributed by atoms with Gasteiger partial charge in [0.2, 0.25) is 0 Å². The highest BCUT2D eigenvalue weighted by molar-refractivity contribution is 5.68. The van der Waals surface area contributed by atoms with Gasteiger partial charge in [0, 0.05) is 12.1 Å². The van der Waals surface area contributed by atoms with Gasteiger partial charge in [0.15, 0.2) is 0 Å². The molecule has 21 heavy (non-hydrogen) atoms. The lowest BCUT2D eigenvalue weighted by atomic mass is 10.1. The van der Waals surface area contributed by atoms with E-state index in [-0.39, 0.29) is 11.2 Å². The van der Waals surface area contributed by atoms with Crippen molar-refractivity contribution >= 4 is 5.69 Å². The summed E-state index contributed by atoms with van der Waals surface area (Å²) in [6.07, 6.45) is 0. The molecule has 5 heteroatoms. The third kappa shape index (κ3) is 3.42. The molecule has 0 fully saturated rings. The van der Waals surface area contributed by atoms with E-state index < -0.39 is 0 Å². The van der Waals surface area contributed by atoms with Crippen LogP contribution in [0.3, 0.4) is 0 Å². The van der Waals surface area contributed by atoms with Crippen LogP contribution in [0.5, 0.6) is 5.75 Å². The van der Waals surface area contributed by atoms with Crippen LogP contribution in [0.1, 0.15) is 20.8 Å². The van der Waals surface area contributed by atoms with Crippen molar-refractivity contribution in [1.82, 2.24) is 9.78 Å². The maximum Gasteiger partial charge on any atom is 0.289 e. The van der Waals surface area contributed by atoms with Crippen LogP contribution in [-0.4, -0.2) is 16.4 Å². The molecule has 0 amide bonds. The average molecular weight is 287 g/mol. The molecule has 2 rings (SSSR count). The number of hydrogen-bond acceptors (Lipinski definition) is 4. The van der Waals surface area contributed by atoms with Crippen molar-refractivity contribution in [2.45, 2.75) is 27.3 Å². The van der Waals surface area contributed by atoms with Gasteiger partial charge in [-0.3, -0.25) is 4.79 Å². The molecule has 0 aliphatic heterocycles. The smallest absolute Gasteiger partial charge is 0.289 e. The molecule has 0 unspecified atom stereocenters. The van der Waals surface area contributed by atoms with Crippen molar-refractivity contribution in [3.8, 4) is 17.0 Å². The zero-order valence-electron chi connectivity index (χ0n) is 12.7. The van der Waals surface area contributed by atoms with Gasteiger partial charge in [-0.25, -0.2) is 4.68 Å². The molecule has 0 saturated carbocycles. The summed E-state index contributed by atoms with van der Waals surface area (Å²) in [4.78, 5) is 12.0. The fourth-order valence-electron chi connectivity index (χ4n) is 2.12. The Hall–Kier alpha value is -2.30. The van der Waals surface area contributed by atoms with Crippen LogP contribution < -0.4 is 16.0 Å². The van der Waals surface area contributed by atoms with Gasteiger partial charge in [0.05, 0.1) is 12.3 Å². The number of rotatable bonds is 5. The highest BCUT2D eigenvalue weighted by atomic mass is 16.5. The van der Waals surface area contributed by atoms with Crippen molar-refractivity contribution in [3.63, 3.8) is 0 Å². The number of nitrogen functional groups attached to an aromatic ring is 1. The van der Waals surface area contributed by atoms with Crippen molar-refractivity contribution in [2.24, 2.45) is 5.92 Å². The second-order valence-corrected chi connectivity index (χ2v) is 5.30. The highest BCUT2D eigenvalue weighted by Gasteiger charge is 2.12. The zero-order valence-corrected chi connectivity index (χ0v) is 12.7. The Morgan fingerprint density at radius 2 is 2.05 bits per heavy atom. The van der Waals surface area contributed by atoms with Crippen molar-refractivity contribution in [3.05, 3.63) is 40.7 Å². The highest BCUT2D eigenvalue weighted by Crippen LogP contribution is 2.28. The lowest BCUT2D eigenvalue weighted by Crippen LogP contribution is -2.27. The number of benzene rings is 1. The molecule has 0 aliphatic rings. The van der Waals surface area contributed by atoms with Gasteiger partial charge in [-0.2, -0.15) is 5.10 Å². The normalized spacial score (nSPS) is 10.9. The molecule has 1 heterocycles. The van der Waals surface area contributed by atoms with E-state index in [9.17, 15) is 4.79 Å². The molecule has 0 aliphatic carbocycles. The van der Waals surface area contributed by atoms with Crippen LogP contribution in [0.4, 0.5) is 5.69 Å². The fraction of sp³-hybridized carbons (Fsp3) is 0.375. The first kappa shape index (κ1) is 15.1. The number of anilines is 1. The number of aromatic nitrogens is 2. The summed E-state index contributed by atoms with van der Waals surface area (Å²) in [5.41, 5.74) is 7.28. The summed E-state index contributed by atoms with van der Waals surface area (Å²) in [5, 5.41) is 4.43. The van der Waals surface area contributed by atoms with E-state index >= 15 is 0 Å². The minimum atomic E-state index is -0.249. The topological polar surface area (TPSA) is 70.1 Å². The fourth-order valence-corrected chi connectivity index (χ4v) is 2.12. The Morgan fingerprint density at radius 1 is 1.33 bits per heavy atom. The largest absolute Gasteiger partial charge is 0.493 e.